The number of aliphatic carboxylic acids is 1. The van der Waals surface area contributed by atoms with Crippen LogP contribution in [0.3, 0.4) is 0 Å². The van der Waals surface area contributed by atoms with Gasteiger partial charge in [0.2, 0.25) is 0 Å². The number of carboxylic acid groups (broad SMARTS) is 1. The van der Waals surface area contributed by atoms with Crippen LogP contribution >= 0.6 is 0 Å². The van der Waals surface area contributed by atoms with Crippen molar-refractivity contribution in [2.75, 3.05) is 6.54 Å². The topological polar surface area (TPSA) is 99.0 Å². The fourth-order valence-corrected chi connectivity index (χ4v) is 9.87. The van der Waals surface area contributed by atoms with Gasteiger partial charge >= 0.3 is 5.97 Å². The third-order valence-corrected chi connectivity index (χ3v) is 11.8. The van der Waals surface area contributed by atoms with E-state index in [1.807, 2.05) is 0 Å². The number of ether oxygens (including phenoxy) is 1. The van der Waals surface area contributed by atoms with Gasteiger partial charge in [-0.05, 0) is 80.5 Å². The zero-order chi connectivity index (χ0) is 23.3. The van der Waals surface area contributed by atoms with Crippen LogP contribution in [0, 0.1) is 46.3 Å². The molecule has 33 heavy (non-hydrogen) atoms. The minimum atomic E-state index is -0.725. The molecule has 2 aliphatic heterocycles. The van der Waals surface area contributed by atoms with Gasteiger partial charge in [0.25, 0.3) is 0 Å². The SMILES string of the molecule is C[C@H]1[C@H]2[C@H](C[C@@H]3[C@@H]4CC=C5C[C@@H](O)CC[C@]5(C)[C@H]4C[C@@H](O)[C@]23C)O[C@]12CC[C@@H](C(=O)O)CN2. The summed E-state index contributed by atoms with van der Waals surface area (Å²) >= 11 is 0. The van der Waals surface area contributed by atoms with Gasteiger partial charge in [0.15, 0.2) is 0 Å². The van der Waals surface area contributed by atoms with Gasteiger partial charge in [-0.3, -0.25) is 10.1 Å². The van der Waals surface area contributed by atoms with Crippen LogP contribution in [0.5, 0.6) is 0 Å². The molecule has 6 heteroatoms. The van der Waals surface area contributed by atoms with E-state index < -0.39 is 11.7 Å². The highest BCUT2D eigenvalue weighted by Crippen LogP contribution is 2.70. The maximum absolute atomic E-state index is 11.8. The predicted octanol–water partition coefficient (Wildman–Crippen LogP) is 3.32. The zero-order valence-corrected chi connectivity index (χ0v) is 20.3. The van der Waals surface area contributed by atoms with Crippen LogP contribution in [0.1, 0.15) is 72.1 Å². The highest BCUT2D eigenvalue weighted by molar-refractivity contribution is 5.70. The first-order valence-corrected chi connectivity index (χ1v) is 13.3. The van der Waals surface area contributed by atoms with Crippen molar-refractivity contribution in [1.82, 2.24) is 5.32 Å². The molecule has 0 unspecified atom stereocenters. The highest BCUT2D eigenvalue weighted by atomic mass is 16.5. The van der Waals surface area contributed by atoms with Crippen molar-refractivity contribution in [3.63, 3.8) is 0 Å². The van der Waals surface area contributed by atoms with Gasteiger partial charge < -0.3 is 20.1 Å². The number of aliphatic hydroxyl groups is 2. The van der Waals surface area contributed by atoms with E-state index in [1.165, 1.54) is 5.57 Å². The molecule has 0 bridgehead atoms. The quantitative estimate of drug-likeness (QED) is 0.449. The Hall–Kier alpha value is -0.950. The number of carbonyl (C=O) groups is 1. The van der Waals surface area contributed by atoms with Crippen LogP contribution < -0.4 is 5.32 Å². The van der Waals surface area contributed by atoms with Crippen LogP contribution in [0.2, 0.25) is 0 Å². The summed E-state index contributed by atoms with van der Waals surface area (Å²) in [4.78, 5) is 11.5. The lowest BCUT2D eigenvalue weighted by Gasteiger charge is -2.60. The number of fused-ring (bicyclic) bond motifs is 7. The molecule has 5 fully saturated rings. The van der Waals surface area contributed by atoms with Gasteiger partial charge in [-0.2, -0.15) is 0 Å². The van der Waals surface area contributed by atoms with Crippen molar-refractivity contribution in [3.05, 3.63) is 11.6 Å². The molecule has 1 spiro atoms. The lowest BCUT2D eigenvalue weighted by Crippen LogP contribution is -2.60. The summed E-state index contributed by atoms with van der Waals surface area (Å²) in [7, 11) is 0. The van der Waals surface area contributed by atoms with Crippen molar-refractivity contribution in [1.29, 1.82) is 0 Å². The third kappa shape index (κ3) is 2.90. The average Bonchev–Trinajstić information content (AvgIpc) is 3.21. The Morgan fingerprint density at radius 3 is 2.64 bits per heavy atom. The number of carboxylic acids is 1. The van der Waals surface area contributed by atoms with Gasteiger partial charge in [-0.25, -0.2) is 0 Å². The monoisotopic (exact) mass is 459 g/mol. The smallest absolute Gasteiger partial charge is 0.307 e. The Morgan fingerprint density at radius 1 is 1.15 bits per heavy atom. The molecule has 0 radical (unpaired) electrons. The van der Waals surface area contributed by atoms with Crippen LogP contribution in [0.25, 0.3) is 0 Å². The summed E-state index contributed by atoms with van der Waals surface area (Å²) in [5, 5.41) is 35.0. The summed E-state index contributed by atoms with van der Waals surface area (Å²) in [5.41, 5.74) is 0.916. The van der Waals surface area contributed by atoms with E-state index in [0.717, 1.165) is 44.9 Å². The normalized spacial score (nSPS) is 57.6. The summed E-state index contributed by atoms with van der Waals surface area (Å²) < 4.78 is 6.82. The van der Waals surface area contributed by atoms with Crippen LogP contribution in [-0.2, 0) is 9.53 Å². The third-order valence-electron chi connectivity index (χ3n) is 11.8. The molecule has 184 valence electrons. The average molecular weight is 460 g/mol. The number of nitrogens with one attached hydrogen (secondary N) is 1. The van der Waals surface area contributed by atoms with E-state index in [4.69, 9.17) is 4.74 Å². The van der Waals surface area contributed by atoms with Crippen molar-refractivity contribution < 1.29 is 24.9 Å². The maximum atomic E-state index is 11.8. The van der Waals surface area contributed by atoms with Gasteiger partial charge in [0, 0.05) is 17.9 Å². The second-order valence-corrected chi connectivity index (χ2v) is 12.8. The summed E-state index contributed by atoms with van der Waals surface area (Å²) in [6.07, 6.45) is 8.99. The van der Waals surface area contributed by atoms with E-state index in [-0.39, 0.29) is 41.0 Å². The first kappa shape index (κ1) is 22.5. The Balaban J connectivity index is 1.28. The molecule has 4 aliphatic carbocycles. The predicted molar refractivity (Wildman–Crippen MR) is 123 cm³/mol. The second-order valence-electron chi connectivity index (χ2n) is 12.8. The van der Waals surface area contributed by atoms with Crippen LogP contribution in [-0.4, -0.2) is 51.9 Å². The van der Waals surface area contributed by atoms with E-state index >= 15 is 0 Å². The number of rotatable bonds is 1. The molecule has 4 N–H and O–H groups in total. The lowest BCUT2D eigenvalue weighted by atomic mass is 9.46. The number of piperidine rings is 1. The maximum Gasteiger partial charge on any atom is 0.307 e. The Bertz CT molecular complexity index is 865. The molecular weight excluding hydrogens is 418 g/mol. The molecule has 0 aromatic carbocycles. The molecule has 0 aromatic heterocycles. The van der Waals surface area contributed by atoms with Gasteiger partial charge in [0.05, 0.1) is 24.2 Å². The molecule has 12 atom stereocenters. The second kappa shape index (κ2) is 7.28. The van der Waals surface area contributed by atoms with E-state index in [2.05, 4.69) is 32.2 Å². The Kier molecular flexibility index (Phi) is 4.97. The summed E-state index contributed by atoms with van der Waals surface area (Å²) in [6.45, 7) is 7.46. The summed E-state index contributed by atoms with van der Waals surface area (Å²) in [5.74, 6) is 0.956. The molecule has 6 nitrogen and oxygen atoms in total. The zero-order valence-electron chi connectivity index (χ0n) is 20.3. The van der Waals surface area contributed by atoms with Crippen molar-refractivity contribution in [3.8, 4) is 0 Å². The van der Waals surface area contributed by atoms with Crippen molar-refractivity contribution >= 4 is 5.97 Å². The Morgan fingerprint density at radius 2 is 1.94 bits per heavy atom. The van der Waals surface area contributed by atoms with E-state index in [1.54, 1.807) is 0 Å². The molecule has 0 aromatic rings. The first-order chi connectivity index (χ1) is 15.6. The standard InChI is InChI=1S/C27H41NO5/c1-14-23-21(33-27(14)9-6-15(13-28-27)24(31)32)11-20-18-5-4-16-10-17(29)7-8-25(16,2)19(18)12-22(30)26(20,23)3/h4,14-15,17-23,28-30H,5-13H2,1-3H3,(H,31,32)/t14-,15+,17-,18+,19-,20+,21-,22+,23-,25-,26+,27+/m0/s1. The highest BCUT2D eigenvalue weighted by Gasteiger charge is 2.70. The van der Waals surface area contributed by atoms with E-state index in [0.29, 0.717) is 36.6 Å². The van der Waals surface area contributed by atoms with E-state index in [9.17, 15) is 20.1 Å². The number of hydrogen-bond acceptors (Lipinski definition) is 5. The molecule has 6 aliphatic rings. The number of allylic oxidation sites excluding steroid dienone is 1. The largest absolute Gasteiger partial charge is 0.481 e. The molecule has 2 heterocycles. The number of aliphatic hydroxyl groups excluding tert-OH is 2. The van der Waals surface area contributed by atoms with Gasteiger partial charge in [-0.1, -0.05) is 32.4 Å². The van der Waals surface area contributed by atoms with Gasteiger partial charge in [0.1, 0.15) is 5.72 Å². The molecule has 3 saturated carbocycles. The van der Waals surface area contributed by atoms with Crippen LogP contribution in [0.4, 0.5) is 0 Å². The van der Waals surface area contributed by atoms with Crippen molar-refractivity contribution in [2.45, 2.75) is 96.2 Å². The summed E-state index contributed by atoms with van der Waals surface area (Å²) in [6, 6.07) is 0. The molecule has 0 amide bonds. The number of hydrogen-bond donors (Lipinski definition) is 4. The molecular formula is C27H41NO5. The first-order valence-electron chi connectivity index (χ1n) is 13.3. The Labute approximate surface area is 197 Å². The lowest BCUT2D eigenvalue weighted by molar-refractivity contribution is -0.154. The minimum absolute atomic E-state index is 0.104. The van der Waals surface area contributed by atoms with Crippen LogP contribution in [0.15, 0.2) is 11.6 Å². The van der Waals surface area contributed by atoms with Crippen molar-refractivity contribution in [2.24, 2.45) is 46.3 Å². The fraction of sp³-hybridized carbons (Fsp3) is 0.889. The fourth-order valence-electron chi connectivity index (χ4n) is 9.87. The molecule has 6 rings (SSSR count). The van der Waals surface area contributed by atoms with Gasteiger partial charge in [-0.15, -0.1) is 0 Å². The minimum Gasteiger partial charge on any atom is -0.481 e. The molecule has 2 saturated heterocycles.